The Morgan fingerprint density at radius 3 is 2.90 bits per heavy atom. The molecule has 2 aromatic rings. The molecule has 30 heavy (non-hydrogen) atoms. The Labute approximate surface area is 173 Å². The van der Waals surface area contributed by atoms with Crippen LogP contribution in [-0.4, -0.2) is 47.1 Å². The van der Waals surface area contributed by atoms with Crippen molar-refractivity contribution in [2.24, 2.45) is 5.92 Å². The number of nitrogens with two attached hydrogens (primary N) is 1. The highest BCUT2D eigenvalue weighted by molar-refractivity contribution is 6.10. The van der Waals surface area contributed by atoms with E-state index in [4.69, 9.17) is 15.2 Å². The summed E-state index contributed by atoms with van der Waals surface area (Å²) in [6.45, 7) is 0.650. The fourth-order valence-electron chi connectivity index (χ4n) is 3.77. The molecule has 1 aliphatic heterocycles. The lowest BCUT2D eigenvalue weighted by molar-refractivity contribution is -0.141. The number of allylic oxidation sites excluding steroid dienone is 2. The second-order valence-corrected chi connectivity index (χ2v) is 7.30. The minimum absolute atomic E-state index is 0.0929. The first-order chi connectivity index (χ1) is 14.6. The molecule has 2 aliphatic rings. The summed E-state index contributed by atoms with van der Waals surface area (Å²) in [6.07, 6.45) is 8.14. The van der Waals surface area contributed by atoms with Gasteiger partial charge in [0.05, 0.1) is 31.2 Å². The molecule has 1 aliphatic carbocycles. The number of carbonyl (C=O) groups is 2. The van der Waals surface area contributed by atoms with Gasteiger partial charge in [-0.1, -0.05) is 6.08 Å². The maximum absolute atomic E-state index is 13.0. The van der Waals surface area contributed by atoms with Crippen molar-refractivity contribution in [1.82, 2.24) is 15.0 Å². The average Bonchev–Trinajstić information content (AvgIpc) is 2.94. The third-order valence-corrected chi connectivity index (χ3v) is 5.45. The molecule has 0 fully saturated rings. The Morgan fingerprint density at radius 1 is 1.33 bits per heavy atom. The molecule has 9 heteroatoms. The first-order valence-electron chi connectivity index (χ1n) is 9.84. The van der Waals surface area contributed by atoms with Crippen molar-refractivity contribution < 1.29 is 19.1 Å². The fourth-order valence-corrected chi connectivity index (χ4v) is 3.77. The number of nitrogens with zero attached hydrogens (tertiary/aromatic N) is 4. The maximum atomic E-state index is 13.0. The number of amides is 1. The van der Waals surface area contributed by atoms with E-state index < -0.39 is 0 Å². The molecule has 3 heterocycles. The average molecular weight is 409 g/mol. The summed E-state index contributed by atoms with van der Waals surface area (Å²) < 4.78 is 10.3. The molecule has 2 aromatic heterocycles. The number of pyridine rings is 1. The van der Waals surface area contributed by atoms with Gasteiger partial charge in [0.2, 0.25) is 5.88 Å². The number of anilines is 2. The van der Waals surface area contributed by atoms with E-state index in [1.165, 1.54) is 13.4 Å². The van der Waals surface area contributed by atoms with Crippen molar-refractivity contribution in [3.05, 3.63) is 42.0 Å². The summed E-state index contributed by atoms with van der Waals surface area (Å²) in [4.78, 5) is 38.5. The van der Waals surface area contributed by atoms with Crippen molar-refractivity contribution in [3.63, 3.8) is 0 Å². The normalized spacial score (nSPS) is 18.7. The number of hydrogen-bond acceptors (Lipinski definition) is 8. The van der Waals surface area contributed by atoms with Gasteiger partial charge in [0.25, 0.3) is 5.91 Å². The second-order valence-electron chi connectivity index (χ2n) is 7.30. The van der Waals surface area contributed by atoms with Gasteiger partial charge < -0.3 is 20.1 Å². The van der Waals surface area contributed by atoms with Gasteiger partial charge in [-0.25, -0.2) is 9.97 Å². The van der Waals surface area contributed by atoms with Gasteiger partial charge in [-0.05, 0) is 42.9 Å². The molecule has 0 bridgehead atoms. The number of rotatable bonds is 4. The van der Waals surface area contributed by atoms with Crippen LogP contribution in [-0.2, 0) is 9.53 Å². The SMILES string of the molecule is COC(=O)CC1CC=C(c2ccc(N3CCOc4ncnc(N)c4C3=O)cn2)CC1. The van der Waals surface area contributed by atoms with Gasteiger partial charge >= 0.3 is 5.97 Å². The number of fused-ring (bicyclic) bond motifs is 1. The number of hydrogen-bond donors (Lipinski definition) is 1. The Kier molecular flexibility index (Phi) is 5.60. The van der Waals surface area contributed by atoms with Crippen LogP contribution in [0.2, 0.25) is 0 Å². The van der Waals surface area contributed by atoms with Crippen LogP contribution >= 0.6 is 0 Å². The number of ether oxygens (including phenoxy) is 2. The summed E-state index contributed by atoms with van der Waals surface area (Å²) in [5.74, 6) is 0.127. The number of esters is 1. The van der Waals surface area contributed by atoms with Crippen LogP contribution in [0.5, 0.6) is 5.88 Å². The van der Waals surface area contributed by atoms with E-state index in [1.54, 1.807) is 11.1 Å². The van der Waals surface area contributed by atoms with Crippen LogP contribution < -0.4 is 15.4 Å². The predicted octanol–water partition coefficient (Wildman–Crippen LogP) is 2.24. The van der Waals surface area contributed by atoms with E-state index >= 15 is 0 Å². The van der Waals surface area contributed by atoms with Crippen LogP contribution in [0.3, 0.4) is 0 Å². The van der Waals surface area contributed by atoms with Crippen LogP contribution in [0.4, 0.5) is 11.5 Å². The summed E-state index contributed by atoms with van der Waals surface area (Å²) in [6, 6.07) is 3.78. The topological polar surface area (TPSA) is 121 Å². The van der Waals surface area contributed by atoms with E-state index in [-0.39, 0.29) is 29.1 Å². The molecular formula is C21H23N5O4. The van der Waals surface area contributed by atoms with E-state index in [9.17, 15) is 9.59 Å². The number of carbonyl (C=O) groups excluding carboxylic acids is 2. The van der Waals surface area contributed by atoms with E-state index in [0.717, 1.165) is 30.5 Å². The second kappa shape index (κ2) is 8.48. The summed E-state index contributed by atoms with van der Waals surface area (Å²) in [7, 11) is 1.42. The highest BCUT2D eigenvalue weighted by Crippen LogP contribution is 2.32. The highest BCUT2D eigenvalue weighted by atomic mass is 16.5. The third-order valence-electron chi connectivity index (χ3n) is 5.45. The standard InChI is InChI=1S/C21H23N5O4/c1-29-17(27)10-13-2-4-14(5-3-13)16-7-6-15(11-23-16)26-8-9-30-20-18(21(26)28)19(22)24-12-25-20/h4,6-7,11-13H,2-3,5,8-10H2,1H3,(H2,22,24,25). The number of nitrogen functional groups attached to an aromatic ring is 1. The van der Waals surface area contributed by atoms with Crippen molar-refractivity contribution in [3.8, 4) is 5.88 Å². The molecule has 1 unspecified atom stereocenters. The summed E-state index contributed by atoms with van der Waals surface area (Å²) >= 11 is 0. The number of methoxy groups -OCH3 is 1. The Bertz CT molecular complexity index is 989. The molecule has 156 valence electrons. The smallest absolute Gasteiger partial charge is 0.305 e. The first-order valence-corrected chi connectivity index (χ1v) is 9.84. The minimum Gasteiger partial charge on any atom is -0.475 e. The lowest BCUT2D eigenvalue weighted by Gasteiger charge is -2.22. The maximum Gasteiger partial charge on any atom is 0.305 e. The molecular weight excluding hydrogens is 386 g/mol. The van der Waals surface area contributed by atoms with Gasteiger partial charge in [0.15, 0.2) is 0 Å². The van der Waals surface area contributed by atoms with E-state index in [1.807, 2.05) is 12.1 Å². The predicted molar refractivity (Wildman–Crippen MR) is 110 cm³/mol. The fraction of sp³-hybridized carbons (Fsp3) is 0.381. The minimum atomic E-state index is -0.308. The molecule has 1 atom stereocenters. The van der Waals surface area contributed by atoms with Gasteiger partial charge in [-0.15, -0.1) is 0 Å². The molecule has 1 amide bonds. The zero-order valence-corrected chi connectivity index (χ0v) is 16.7. The van der Waals surface area contributed by atoms with Crippen LogP contribution in [0.1, 0.15) is 41.7 Å². The molecule has 0 aromatic carbocycles. The zero-order valence-electron chi connectivity index (χ0n) is 16.7. The van der Waals surface area contributed by atoms with Crippen LogP contribution in [0.25, 0.3) is 5.57 Å². The molecule has 9 nitrogen and oxygen atoms in total. The van der Waals surface area contributed by atoms with Crippen LogP contribution in [0, 0.1) is 5.92 Å². The molecule has 0 saturated heterocycles. The Hall–Kier alpha value is -3.49. The summed E-state index contributed by atoms with van der Waals surface area (Å²) in [5.41, 5.74) is 8.73. The zero-order chi connectivity index (χ0) is 21.1. The summed E-state index contributed by atoms with van der Waals surface area (Å²) in [5, 5.41) is 0. The van der Waals surface area contributed by atoms with Gasteiger partial charge in [0.1, 0.15) is 24.3 Å². The van der Waals surface area contributed by atoms with Gasteiger partial charge in [-0.3, -0.25) is 14.6 Å². The van der Waals surface area contributed by atoms with Crippen molar-refractivity contribution >= 4 is 29.0 Å². The number of aromatic nitrogens is 3. The molecule has 0 radical (unpaired) electrons. The van der Waals surface area contributed by atoms with Crippen molar-refractivity contribution in [2.45, 2.75) is 25.7 Å². The first kappa shape index (κ1) is 19.8. The highest BCUT2D eigenvalue weighted by Gasteiger charge is 2.29. The molecule has 4 rings (SSSR count). The van der Waals surface area contributed by atoms with Gasteiger partial charge in [0, 0.05) is 6.42 Å². The Balaban J connectivity index is 1.50. The third kappa shape index (κ3) is 3.96. The van der Waals surface area contributed by atoms with Crippen molar-refractivity contribution in [1.29, 1.82) is 0 Å². The van der Waals surface area contributed by atoms with Crippen LogP contribution in [0.15, 0.2) is 30.7 Å². The largest absolute Gasteiger partial charge is 0.475 e. The monoisotopic (exact) mass is 409 g/mol. The molecule has 2 N–H and O–H groups in total. The van der Waals surface area contributed by atoms with Gasteiger partial charge in [-0.2, -0.15) is 0 Å². The molecule has 0 saturated carbocycles. The lowest BCUT2D eigenvalue weighted by Crippen LogP contribution is -2.32. The van der Waals surface area contributed by atoms with E-state index in [0.29, 0.717) is 31.2 Å². The lowest BCUT2D eigenvalue weighted by atomic mass is 9.86. The molecule has 0 spiro atoms. The van der Waals surface area contributed by atoms with E-state index in [2.05, 4.69) is 21.0 Å². The quantitative estimate of drug-likeness (QED) is 0.763. The van der Waals surface area contributed by atoms with Crippen molar-refractivity contribution in [2.75, 3.05) is 30.9 Å². The Morgan fingerprint density at radius 2 is 2.20 bits per heavy atom.